The predicted molar refractivity (Wildman–Crippen MR) is 73.7 cm³/mol. The number of aromatic nitrogens is 1. The van der Waals surface area contributed by atoms with Gasteiger partial charge in [-0.1, -0.05) is 13.3 Å². The SMILES string of the molecule is CCC1CCN(S(=O)(=O)c2ccn(C)c2)C(C(=O)O)C1. The molecule has 2 heterocycles. The molecule has 0 amide bonds. The number of carboxylic acids is 1. The van der Waals surface area contributed by atoms with E-state index in [4.69, 9.17) is 0 Å². The smallest absolute Gasteiger partial charge is 0.322 e. The zero-order chi connectivity index (χ0) is 14.9. The summed E-state index contributed by atoms with van der Waals surface area (Å²) in [5, 5.41) is 9.33. The van der Waals surface area contributed by atoms with E-state index in [0.717, 1.165) is 10.7 Å². The average Bonchev–Trinajstić information content (AvgIpc) is 2.85. The number of hydrogen-bond donors (Lipinski definition) is 1. The number of aliphatic carboxylic acids is 1. The Labute approximate surface area is 119 Å². The second kappa shape index (κ2) is 5.57. The van der Waals surface area contributed by atoms with Crippen LogP contribution in [-0.4, -0.2) is 41.0 Å². The lowest BCUT2D eigenvalue weighted by Gasteiger charge is -2.35. The van der Waals surface area contributed by atoms with E-state index in [1.807, 2.05) is 6.92 Å². The number of hydrogen-bond acceptors (Lipinski definition) is 3. The van der Waals surface area contributed by atoms with E-state index in [-0.39, 0.29) is 17.4 Å². The summed E-state index contributed by atoms with van der Waals surface area (Å²) in [5.41, 5.74) is 0. The lowest BCUT2D eigenvalue weighted by molar-refractivity contribution is -0.143. The first-order chi connectivity index (χ1) is 9.36. The van der Waals surface area contributed by atoms with Gasteiger partial charge in [-0.05, 0) is 24.8 Å². The number of carbonyl (C=O) groups is 1. The Morgan fingerprint density at radius 3 is 2.70 bits per heavy atom. The van der Waals surface area contributed by atoms with E-state index in [2.05, 4.69) is 0 Å². The summed E-state index contributed by atoms with van der Waals surface area (Å²) in [6.45, 7) is 2.28. The molecule has 1 fully saturated rings. The van der Waals surface area contributed by atoms with Crippen LogP contribution in [-0.2, 0) is 21.9 Å². The van der Waals surface area contributed by atoms with Crippen molar-refractivity contribution in [2.75, 3.05) is 6.54 Å². The third-order valence-electron chi connectivity index (χ3n) is 3.94. The van der Waals surface area contributed by atoms with Gasteiger partial charge in [-0.2, -0.15) is 4.31 Å². The number of carboxylic acid groups (broad SMARTS) is 1. The van der Waals surface area contributed by atoms with Crippen LogP contribution in [0.3, 0.4) is 0 Å². The van der Waals surface area contributed by atoms with Gasteiger partial charge in [-0.15, -0.1) is 0 Å². The van der Waals surface area contributed by atoms with Crippen LogP contribution in [0.1, 0.15) is 26.2 Å². The second-order valence-corrected chi connectivity index (χ2v) is 7.17. The maximum atomic E-state index is 12.6. The Kier molecular flexibility index (Phi) is 4.19. The van der Waals surface area contributed by atoms with Gasteiger partial charge >= 0.3 is 5.97 Å². The predicted octanol–water partition coefficient (Wildman–Crippen LogP) is 1.29. The normalized spacial score (nSPS) is 24.7. The minimum Gasteiger partial charge on any atom is -0.480 e. The van der Waals surface area contributed by atoms with Crippen molar-refractivity contribution < 1.29 is 18.3 Å². The summed E-state index contributed by atoms with van der Waals surface area (Å²) in [4.78, 5) is 11.6. The van der Waals surface area contributed by atoms with E-state index in [1.165, 1.54) is 12.3 Å². The van der Waals surface area contributed by atoms with Gasteiger partial charge in [-0.3, -0.25) is 4.79 Å². The largest absolute Gasteiger partial charge is 0.480 e. The van der Waals surface area contributed by atoms with E-state index >= 15 is 0 Å². The quantitative estimate of drug-likeness (QED) is 0.908. The van der Waals surface area contributed by atoms with Gasteiger partial charge in [-0.25, -0.2) is 8.42 Å². The molecule has 2 atom stereocenters. The van der Waals surface area contributed by atoms with Gasteiger partial charge in [0.05, 0.1) is 4.90 Å². The zero-order valence-corrected chi connectivity index (χ0v) is 12.5. The molecule has 0 aliphatic carbocycles. The number of sulfonamides is 1. The Bertz CT molecular complexity index is 593. The van der Waals surface area contributed by atoms with Crippen LogP contribution < -0.4 is 0 Å². The molecule has 0 radical (unpaired) electrons. The summed E-state index contributed by atoms with van der Waals surface area (Å²) >= 11 is 0. The second-order valence-electron chi connectivity index (χ2n) is 5.28. The van der Waals surface area contributed by atoms with Gasteiger partial charge in [0.1, 0.15) is 6.04 Å². The standard InChI is InChI=1S/C13H20N2O4S/c1-3-10-4-7-15(12(8-10)13(16)17)20(18,19)11-5-6-14(2)9-11/h5-6,9-10,12H,3-4,7-8H2,1-2H3,(H,16,17). The minimum absolute atomic E-state index is 0.154. The minimum atomic E-state index is -3.74. The van der Waals surface area contributed by atoms with Crippen LogP contribution in [0.2, 0.25) is 0 Å². The lowest BCUT2D eigenvalue weighted by Crippen LogP contribution is -2.49. The molecule has 1 aromatic heterocycles. The molecule has 1 aliphatic heterocycles. The first-order valence-electron chi connectivity index (χ1n) is 6.73. The van der Waals surface area contributed by atoms with Crippen LogP contribution in [0.5, 0.6) is 0 Å². The van der Waals surface area contributed by atoms with Crippen LogP contribution in [0.4, 0.5) is 0 Å². The van der Waals surface area contributed by atoms with Crippen molar-refractivity contribution in [2.45, 2.75) is 37.1 Å². The van der Waals surface area contributed by atoms with Crippen molar-refractivity contribution in [3.8, 4) is 0 Å². The monoisotopic (exact) mass is 300 g/mol. The number of aryl methyl sites for hydroxylation is 1. The Balaban J connectivity index is 2.32. The van der Waals surface area contributed by atoms with E-state index in [9.17, 15) is 18.3 Å². The molecule has 2 rings (SSSR count). The van der Waals surface area contributed by atoms with Crippen molar-refractivity contribution >= 4 is 16.0 Å². The Hall–Kier alpha value is -1.34. The van der Waals surface area contributed by atoms with Crippen molar-refractivity contribution in [2.24, 2.45) is 13.0 Å². The number of rotatable bonds is 4. The third kappa shape index (κ3) is 2.73. The first kappa shape index (κ1) is 15.1. The van der Waals surface area contributed by atoms with Gasteiger partial charge in [0.2, 0.25) is 10.0 Å². The maximum Gasteiger partial charge on any atom is 0.322 e. The van der Waals surface area contributed by atoms with E-state index in [1.54, 1.807) is 17.8 Å². The highest BCUT2D eigenvalue weighted by Gasteiger charge is 2.40. The zero-order valence-electron chi connectivity index (χ0n) is 11.7. The van der Waals surface area contributed by atoms with Gasteiger partial charge in [0.15, 0.2) is 0 Å². The molecule has 20 heavy (non-hydrogen) atoms. The Morgan fingerprint density at radius 2 is 2.20 bits per heavy atom. The summed E-state index contributed by atoms with van der Waals surface area (Å²) in [6, 6.07) is 0.541. The van der Waals surface area contributed by atoms with Gasteiger partial charge in [0.25, 0.3) is 0 Å². The molecular formula is C13H20N2O4S. The molecule has 0 bridgehead atoms. The summed E-state index contributed by atoms with van der Waals surface area (Å²) in [6.07, 6.45) is 5.12. The summed E-state index contributed by atoms with van der Waals surface area (Å²) in [5.74, 6) is -0.791. The van der Waals surface area contributed by atoms with Crippen molar-refractivity contribution in [3.63, 3.8) is 0 Å². The number of piperidine rings is 1. The maximum absolute atomic E-state index is 12.6. The summed E-state index contributed by atoms with van der Waals surface area (Å²) < 4.78 is 27.9. The van der Waals surface area contributed by atoms with Crippen molar-refractivity contribution in [1.29, 1.82) is 0 Å². The summed E-state index contributed by atoms with van der Waals surface area (Å²) in [7, 11) is -2.00. The topological polar surface area (TPSA) is 79.6 Å². The molecule has 1 aromatic rings. The molecule has 1 aliphatic rings. The molecule has 1 N–H and O–H groups in total. The van der Waals surface area contributed by atoms with Crippen LogP contribution >= 0.6 is 0 Å². The van der Waals surface area contributed by atoms with Crippen LogP contribution in [0.15, 0.2) is 23.4 Å². The van der Waals surface area contributed by atoms with Gasteiger partial charge in [0, 0.05) is 26.0 Å². The van der Waals surface area contributed by atoms with Crippen LogP contribution in [0, 0.1) is 5.92 Å². The molecule has 7 heteroatoms. The van der Waals surface area contributed by atoms with Gasteiger partial charge < -0.3 is 9.67 Å². The molecule has 6 nitrogen and oxygen atoms in total. The van der Waals surface area contributed by atoms with Crippen molar-refractivity contribution in [3.05, 3.63) is 18.5 Å². The van der Waals surface area contributed by atoms with E-state index in [0.29, 0.717) is 12.8 Å². The van der Waals surface area contributed by atoms with E-state index < -0.39 is 22.0 Å². The highest BCUT2D eigenvalue weighted by atomic mass is 32.2. The highest BCUT2D eigenvalue weighted by Crippen LogP contribution is 2.30. The fourth-order valence-corrected chi connectivity index (χ4v) is 4.33. The average molecular weight is 300 g/mol. The lowest BCUT2D eigenvalue weighted by atomic mass is 9.90. The van der Waals surface area contributed by atoms with Crippen LogP contribution in [0.25, 0.3) is 0 Å². The third-order valence-corrected chi connectivity index (χ3v) is 5.83. The molecule has 0 saturated carbocycles. The molecule has 0 spiro atoms. The number of nitrogens with zero attached hydrogens (tertiary/aromatic N) is 2. The Morgan fingerprint density at radius 1 is 1.50 bits per heavy atom. The first-order valence-corrected chi connectivity index (χ1v) is 8.17. The molecule has 1 saturated heterocycles. The fourth-order valence-electron chi connectivity index (χ4n) is 2.67. The molecule has 112 valence electrons. The molecule has 0 aromatic carbocycles. The van der Waals surface area contributed by atoms with Crippen molar-refractivity contribution in [1.82, 2.24) is 8.87 Å². The highest BCUT2D eigenvalue weighted by molar-refractivity contribution is 7.89. The fraction of sp³-hybridized carbons (Fsp3) is 0.615. The molecule has 2 unspecified atom stereocenters. The molecular weight excluding hydrogens is 280 g/mol.